The van der Waals surface area contributed by atoms with Crippen LogP contribution in [-0.2, 0) is 20.4 Å². The Balaban J connectivity index is 0.000000196. The summed E-state index contributed by atoms with van der Waals surface area (Å²) in [4.78, 5) is 31.9. The molecule has 4 rings (SSSR count). The summed E-state index contributed by atoms with van der Waals surface area (Å²) >= 11 is 5.96. The van der Waals surface area contributed by atoms with Crippen LogP contribution in [0.3, 0.4) is 0 Å². The molecule has 14 nitrogen and oxygen atoms in total. The van der Waals surface area contributed by atoms with Crippen LogP contribution in [0, 0.1) is 0 Å². The minimum absolute atomic E-state index is 0.565. The number of nitrogens with two attached hydrogens (primary N) is 1. The fourth-order valence-electron chi connectivity index (χ4n) is 2.90. The molecule has 0 spiro atoms. The Bertz CT molecular complexity index is 1110. The molecule has 9 N–H and O–H groups in total. The third-order valence-corrected chi connectivity index (χ3v) is 5.11. The largest absolute Gasteiger partial charge is 0.469 e. The number of fused-ring (bicyclic) bond motifs is 1. The van der Waals surface area contributed by atoms with Gasteiger partial charge < -0.3 is 45.9 Å². The molecule has 4 atom stereocenters. The molecule has 0 radical (unpaired) electrons. The lowest BCUT2D eigenvalue weighted by atomic mass is 10.1. The lowest BCUT2D eigenvalue weighted by molar-refractivity contribution is -0.132. The normalized spacial score (nSPS) is 22.7. The van der Waals surface area contributed by atoms with Gasteiger partial charge in [-0.1, -0.05) is 11.6 Å². The van der Waals surface area contributed by atoms with Gasteiger partial charge in [0.1, 0.15) is 30.2 Å². The lowest BCUT2D eigenvalue weighted by Gasteiger charge is -2.14. The van der Waals surface area contributed by atoms with Crippen LogP contribution in [0.2, 0.25) is 5.02 Å². The number of imidazole rings is 1. The first kappa shape index (κ1) is 25.2. The SMILES string of the molecule is Nc1cc(Cl)cc(CNc2ncnc3nc[nH]c23)c1.O=P(O)(O)OC[C@H]1OC(O)[C@H](O)[C@@H]1O. The number of hydrogen-bond acceptors (Lipinski definition) is 11. The van der Waals surface area contributed by atoms with Crippen LogP contribution in [0.1, 0.15) is 5.56 Å². The molecule has 1 fully saturated rings. The smallest absolute Gasteiger partial charge is 0.399 e. The predicted octanol–water partition coefficient (Wildman–Crippen LogP) is -0.265. The summed E-state index contributed by atoms with van der Waals surface area (Å²) in [7, 11) is -4.64. The van der Waals surface area contributed by atoms with Gasteiger partial charge in [0.2, 0.25) is 0 Å². The fraction of sp³-hybridized carbons (Fsp3) is 0.353. The van der Waals surface area contributed by atoms with Gasteiger partial charge in [0.15, 0.2) is 17.8 Å². The van der Waals surface area contributed by atoms with Crippen LogP contribution in [0.15, 0.2) is 30.9 Å². The number of H-pyrrole nitrogens is 1. The zero-order valence-electron chi connectivity index (χ0n) is 16.8. The quantitative estimate of drug-likeness (QED) is 0.160. The van der Waals surface area contributed by atoms with E-state index in [0.717, 1.165) is 11.1 Å². The molecule has 16 heteroatoms. The molecule has 3 heterocycles. The highest BCUT2D eigenvalue weighted by Gasteiger charge is 2.42. The van der Waals surface area contributed by atoms with E-state index in [1.807, 2.05) is 12.1 Å². The van der Waals surface area contributed by atoms with Crippen molar-refractivity contribution in [1.82, 2.24) is 19.9 Å². The zero-order chi connectivity index (χ0) is 24.2. The van der Waals surface area contributed by atoms with E-state index < -0.39 is 39.0 Å². The summed E-state index contributed by atoms with van der Waals surface area (Å²) in [6.07, 6.45) is -2.61. The topological polar surface area (TPSA) is 229 Å². The number of nitrogen functional groups attached to an aromatic ring is 1. The van der Waals surface area contributed by atoms with Crippen LogP contribution in [0.25, 0.3) is 11.2 Å². The van der Waals surface area contributed by atoms with Crippen molar-refractivity contribution in [2.75, 3.05) is 17.7 Å². The van der Waals surface area contributed by atoms with E-state index in [0.29, 0.717) is 28.7 Å². The average Bonchev–Trinajstić information content (AvgIpc) is 3.31. The van der Waals surface area contributed by atoms with E-state index in [9.17, 15) is 4.57 Å². The Kier molecular flexibility index (Phi) is 8.18. The minimum atomic E-state index is -4.64. The Morgan fingerprint density at radius 1 is 1.18 bits per heavy atom. The van der Waals surface area contributed by atoms with E-state index >= 15 is 0 Å². The maximum Gasteiger partial charge on any atom is 0.469 e. The Morgan fingerprint density at radius 3 is 2.58 bits per heavy atom. The standard InChI is InChI=1S/C12H11ClN6.C5H11O8P/c13-8-1-7(2-9(14)3-8)4-15-11-10-12(17-5-16-10)19-6-18-11;6-3-2(1-12-14(9,10)11)13-5(8)4(3)7/h1-3,5-6H,4,14H2,(H2,15,16,17,18,19);2-8H,1H2,(H2,9,10,11)/t;2-,3-,4-,5?/m.1/s1. The molecular weight excluding hydrogens is 483 g/mol. The van der Waals surface area contributed by atoms with Crippen LogP contribution < -0.4 is 11.1 Å². The van der Waals surface area contributed by atoms with Gasteiger partial charge in [0.05, 0.1) is 12.9 Å². The molecule has 0 saturated carbocycles. The Hall–Kier alpha value is -2.39. The van der Waals surface area contributed by atoms with Crippen LogP contribution in [0.5, 0.6) is 0 Å². The van der Waals surface area contributed by atoms with Crippen molar-refractivity contribution >= 4 is 42.1 Å². The highest BCUT2D eigenvalue weighted by Crippen LogP contribution is 2.37. The second-order valence-corrected chi connectivity index (χ2v) is 8.58. The van der Waals surface area contributed by atoms with Gasteiger partial charge in [-0.05, 0) is 23.8 Å². The summed E-state index contributed by atoms with van der Waals surface area (Å²) in [6, 6.07) is 5.43. The molecule has 1 unspecified atom stereocenters. The number of halogens is 1. The number of aliphatic hydroxyl groups excluding tert-OH is 3. The van der Waals surface area contributed by atoms with E-state index in [4.69, 9.17) is 42.4 Å². The van der Waals surface area contributed by atoms with E-state index in [2.05, 4.69) is 34.5 Å². The molecule has 0 amide bonds. The van der Waals surface area contributed by atoms with Gasteiger partial charge in [-0.2, -0.15) is 0 Å². The number of phosphoric ester groups is 1. The van der Waals surface area contributed by atoms with Gasteiger partial charge in [-0.15, -0.1) is 0 Å². The molecule has 1 aromatic carbocycles. The molecule has 3 aromatic rings. The van der Waals surface area contributed by atoms with E-state index in [1.165, 1.54) is 6.33 Å². The molecule has 0 aliphatic carbocycles. The maximum atomic E-state index is 10.3. The van der Waals surface area contributed by atoms with Crippen molar-refractivity contribution in [2.24, 2.45) is 0 Å². The van der Waals surface area contributed by atoms with Crippen molar-refractivity contribution < 1.29 is 38.9 Å². The summed E-state index contributed by atoms with van der Waals surface area (Å²) in [6.45, 7) is -0.0462. The summed E-state index contributed by atoms with van der Waals surface area (Å²) in [5.41, 5.74) is 8.77. The second kappa shape index (κ2) is 10.7. The highest BCUT2D eigenvalue weighted by atomic mass is 35.5. The second-order valence-electron chi connectivity index (χ2n) is 6.90. The third-order valence-electron chi connectivity index (χ3n) is 4.41. The first-order chi connectivity index (χ1) is 15.5. The number of nitrogens with one attached hydrogen (secondary N) is 2. The maximum absolute atomic E-state index is 10.3. The fourth-order valence-corrected chi connectivity index (χ4v) is 3.51. The Labute approximate surface area is 191 Å². The molecule has 0 bridgehead atoms. The Morgan fingerprint density at radius 2 is 1.94 bits per heavy atom. The average molecular weight is 505 g/mol. The molecule has 2 aromatic heterocycles. The van der Waals surface area contributed by atoms with Crippen molar-refractivity contribution in [3.63, 3.8) is 0 Å². The summed E-state index contributed by atoms with van der Waals surface area (Å²) < 4.78 is 18.9. The van der Waals surface area contributed by atoms with Crippen molar-refractivity contribution in [1.29, 1.82) is 0 Å². The van der Waals surface area contributed by atoms with Crippen molar-refractivity contribution in [3.8, 4) is 0 Å². The van der Waals surface area contributed by atoms with E-state index in [1.54, 1.807) is 12.4 Å². The first-order valence-electron chi connectivity index (χ1n) is 9.36. The monoisotopic (exact) mass is 504 g/mol. The number of aromatic amines is 1. The van der Waals surface area contributed by atoms with Gasteiger partial charge in [-0.25, -0.2) is 19.5 Å². The predicted molar refractivity (Wildman–Crippen MR) is 116 cm³/mol. The van der Waals surface area contributed by atoms with Gasteiger partial charge in [-0.3, -0.25) is 4.52 Å². The van der Waals surface area contributed by atoms with Gasteiger partial charge in [0, 0.05) is 17.3 Å². The molecule has 1 aliphatic rings. The molecule has 180 valence electrons. The number of aliphatic hydroxyl groups is 3. The molecule has 33 heavy (non-hydrogen) atoms. The number of benzene rings is 1. The molecular formula is C17H22ClN6O8P. The zero-order valence-corrected chi connectivity index (χ0v) is 18.5. The van der Waals surface area contributed by atoms with E-state index in [-0.39, 0.29) is 0 Å². The van der Waals surface area contributed by atoms with Crippen LogP contribution in [-0.4, -0.2) is 76.3 Å². The summed E-state index contributed by atoms with van der Waals surface area (Å²) in [5.74, 6) is 0.695. The number of anilines is 2. The number of nitrogens with zero attached hydrogens (tertiary/aromatic N) is 3. The van der Waals surface area contributed by atoms with Crippen molar-refractivity contribution in [3.05, 3.63) is 41.4 Å². The number of ether oxygens (including phenoxy) is 1. The third kappa shape index (κ3) is 7.04. The summed E-state index contributed by atoms with van der Waals surface area (Å²) in [5, 5.41) is 30.9. The first-order valence-corrected chi connectivity index (χ1v) is 11.3. The van der Waals surface area contributed by atoms with Crippen LogP contribution >= 0.6 is 19.4 Å². The highest BCUT2D eigenvalue weighted by molar-refractivity contribution is 7.46. The van der Waals surface area contributed by atoms with Crippen molar-refractivity contribution in [2.45, 2.75) is 31.1 Å². The number of rotatable bonds is 6. The minimum Gasteiger partial charge on any atom is -0.399 e. The number of aromatic nitrogens is 4. The molecule has 1 aliphatic heterocycles. The lowest BCUT2D eigenvalue weighted by Crippen LogP contribution is -2.34. The number of phosphoric acid groups is 1. The molecule has 1 saturated heterocycles. The van der Waals surface area contributed by atoms with Crippen LogP contribution in [0.4, 0.5) is 11.5 Å². The van der Waals surface area contributed by atoms with Gasteiger partial charge in [0.25, 0.3) is 0 Å². The van der Waals surface area contributed by atoms with Gasteiger partial charge >= 0.3 is 7.82 Å². The number of hydrogen-bond donors (Lipinski definition) is 8.